The van der Waals surface area contributed by atoms with Gasteiger partial charge in [-0.05, 0) is 67.1 Å². The van der Waals surface area contributed by atoms with E-state index in [2.05, 4.69) is 5.32 Å². The monoisotopic (exact) mass is 530 g/mol. The first-order valence-corrected chi connectivity index (χ1v) is 12.8. The van der Waals surface area contributed by atoms with Crippen LogP contribution in [0.4, 0.5) is 11.4 Å². The van der Waals surface area contributed by atoms with Crippen LogP contribution in [0.3, 0.4) is 0 Å². The fourth-order valence-corrected chi connectivity index (χ4v) is 3.97. The number of hydrogen-bond acceptors (Lipinski definition) is 7. The molecular weight excluding hydrogens is 500 g/mol. The van der Waals surface area contributed by atoms with Gasteiger partial charge in [0.2, 0.25) is 5.91 Å². The quantitative estimate of drug-likeness (QED) is 0.275. The topological polar surface area (TPSA) is 111 Å². The number of unbranched alkanes of at least 4 members (excludes halogenated alkanes) is 1. The van der Waals surface area contributed by atoms with Gasteiger partial charge in [0.25, 0.3) is 5.91 Å². The molecule has 1 aliphatic rings. The third kappa shape index (κ3) is 7.67. The third-order valence-corrected chi connectivity index (χ3v) is 6.07. The molecule has 0 unspecified atom stereocenters. The van der Waals surface area contributed by atoms with E-state index in [9.17, 15) is 19.2 Å². The summed E-state index contributed by atoms with van der Waals surface area (Å²) >= 11 is 0. The second-order valence-corrected chi connectivity index (χ2v) is 9.04. The molecule has 3 aromatic rings. The minimum Gasteiger partial charge on any atom is -0.462 e. The Morgan fingerprint density at radius 3 is 2.28 bits per heavy atom. The number of anilines is 2. The van der Waals surface area contributed by atoms with Crippen LogP contribution in [0.2, 0.25) is 0 Å². The Bertz CT molecular complexity index is 1290. The second-order valence-electron chi connectivity index (χ2n) is 9.04. The highest BCUT2D eigenvalue weighted by atomic mass is 16.5. The highest BCUT2D eigenvalue weighted by Gasteiger charge is 2.36. The third-order valence-electron chi connectivity index (χ3n) is 6.07. The first kappa shape index (κ1) is 27.4. The van der Waals surface area contributed by atoms with Crippen LogP contribution in [0.15, 0.2) is 78.9 Å². The number of carbonyl (C=O) groups excluding carboxylic acids is 4. The molecule has 0 aliphatic carbocycles. The SMILES string of the molecule is CCCCOC(=O)c1ccc(N2C[C@@H](C(=O)OCC(=O)Nc3ccc(Oc4ccccc4)cc3)CC2=O)cc1. The van der Waals surface area contributed by atoms with Crippen LogP contribution >= 0.6 is 0 Å². The Kier molecular flexibility index (Phi) is 9.29. The first-order valence-electron chi connectivity index (χ1n) is 12.8. The minimum atomic E-state index is -0.696. The van der Waals surface area contributed by atoms with E-state index in [1.54, 1.807) is 48.5 Å². The van der Waals surface area contributed by atoms with Crippen molar-refractivity contribution in [1.29, 1.82) is 0 Å². The van der Waals surface area contributed by atoms with Gasteiger partial charge in [-0.25, -0.2) is 4.79 Å². The number of para-hydroxylation sites is 1. The average molecular weight is 531 g/mol. The van der Waals surface area contributed by atoms with E-state index in [4.69, 9.17) is 14.2 Å². The maximum absolute atomic E-state index is 12.6. The predicted molar refractivity (Wildman–Crippen MR) is 145 cm³/mol. The molecule has 3 aromatic carbocycles. The summed E-state index contributed by atoms with van der Waals surface area (Å²) in [7, 11) is 0. The molecule has 0 spiro atoms. The van der Waals surface area contributed by atoms with Crippen molar-refractivity contribution in [3.05, 3.63) is 84.4 Å². The van der Waals surface area contributed by atoms with E-state index in [-0.39, 0.29) is 18.9 Å². The fraction of sp³-hybridized carbons (Fsp3) is 0.267. The average Bonchev–Trinajstić information content (AvgIpc) is 3.35. The molecule has 1 atom stereocenters. The van der Waals surface area contributed by atoms with E-state index in [0.717, 1.165) is 12.8 Å². The van der Waals surface area contributed by atoms with E-state index >= 15 is 0 Å². The number of nitrogens with zero attached hydrogens (tertiary/aromatic N) is 1. The summed E-state index contributed by atoms with van der Waals surface area (Å²) in [4.78, 5) is 50.9. The van der Waals surface area contributed by atoms with Gasteiger partial charge >= 0.3 is 11.9 Å². The lowest BCUT2D eigenvalue weighted by molar-refractivity contribution is -0.151. The van der Waals surface area contributed by atoms with E-state index in [1.165, 1.54) is 4.90 Å². The largest absolute Gasteiger partial charge is 0.462 e. The minimum absolute atomic E-state index is 0.0237. The Balaban J connectivity index is 1.23. The molecule has 9 nitrogen and oxygen atoms in total. The lowest BCUT2D eigenvalue weighted by Gasteiger charge is -2.17. The molecule has 202 valence electrons. The predicted octanol–water partition coefficient (Wildman–Crippen LogP) is 4.97. The van der Waals surface area contributed by atoms with Gasteiger partial charge in [-0.3, -0.25) is 14.4 Å². The summed E-state index contributed by atoms with van der Waals surface area (Å²) in [6.07, 6.45) is 1.70. The van der Waals surface area contributed by atoms with Crippen LogP contribution in [-0.2, 0) is 23.9 Å². The molecule has 0 radical (unpaired) electrons. The normalized spacial score (nSPS) is 14.5. The molecule has 1 heterocycles. The van der Waals surface area contributed by atoms with E-state index < -0.39 is 30.4 Å². The Labute approximate surface area is 226 Å². The van der Waals surface area contributed by atoms with Gasteiger partial charge in [0.1, 0.15) is 11.5 Å². The number of hydrogen-bond donors (Lipinski definition) is 1. The van der Waals surface area contributed by atoms with Crippen molar-refractivity contribution in [2.75, 3.05) is 30.0 Å². The second kappa shape index (κ2) is 13.2. The number of amides is 2. The van der Waals surface area contributed by atoms with E-state index in [1.807, 2.05) is 37.3 Å². The zero-order valence-electron chi connectivity index (χ0n) is 21.6. The first-order chi connectivity index (χ1) is 18.9. The Hall–Kier alpha value is -4.66. The summed E-state index contributed by atoms with van der Waals surface area (Å²) in [6.45, 7) is 2.03. The smallest absolute Gasteiger partial charge is 0.338 e. The molecule has 1 N–H and O–H groups in total. The molecule has 4 rings (SSSR count). The van der Waals surface area contributed by atoms with Crippen molar-refractivity contribution in [2.24, 2.45) is 5.92 Å². The van der Waals surface area contributed by atoms with Gasteiger partial charge in [-0.2, -0.15) is 0 Å². The van der Waals surface area contributed by atoms with Crippen LogP contribution in [0, 0.1) is 5.92 Å². The molecule has 1 aliphatic heterocycles. The molecule has 9 heteroatoms. The molecule has 0 aromatic heterocycles. The summed E-state index contributed by atoms with van der Waals surface area (Å²) < 4.78 is 16.1. The zero-order valence-corrected chi connectivity index (χ0v) is 21.6. The van der Waals surface area contributed by atoms with Crippen molar-refractivity contribution in [1.82, 2.24) is 0 Å². The standard InChI is InChI=1S/C30H30N2O7/c1-2-3-17-37-29(35)21-9-13-24(14-10-21)32-19-22(18-28(32)34)30(36)38-20-27(33)31-23-11-15-26(16-12-23)39-25-7-5-4-6-8-25/h4-16,22H,2-3,17-20H2,1H3,(H,31,33)/t22-/m0/s1. The number of carbonyl (C=O) groups is 4. The lowest BCUT2D eigenvalue weighted by Crippen LogP contribution is -2.28. The van der Waals surface area contributed by atoms with Crippen molar-refractivity contribution >= 4 is 35.1 Å². The van der Waals surface area contributed by atoms with Crippen LogP contribution in [0.1, 0.15) is 36.5 Å². The van der Waals surface area contributed by atoms with Crippen molar-refractivity contribution in [3.63, 3.8) is 0 Å². The Morgan fingerprint density at radius 2 is 1.59 bits per heavy atom. The molecule has 1 fully saturated rings. The lowest BCUT2D eigenvalue weighted by atomic mass is 10.1. The van der Waals surface area contributed by atoms with Crippen LogP contribution in [0.5, 0.6) is 11.5 Å². The number of benzene rings is 3. The highest BCUT2D eigenvalue weighted by molar-refractivity contribution is 6.00. The molecular formula is C30H30N2O7. The summed E-state index contributed by atoms with van der Waals surface area (Å²) in [6, 6.07) is 22.6. The number of rotatable bonds is 11. The number of esters is 2. The summed E-state index contributed by atoms with van der Waals surface area (Å²) in [5, 5.41) is 2.67. The molecule has 0 bridgehead atoms. The zero-order chi connectivity index (χ0) is 27.6. The maximum atomic E-state index is 12.6. The van der Waals surface area contributed by atoms with E-state index in [0.29, 0.717) is 35.0 Å². The number of nitrogens with one attached hydrogen (secondary N) is 1. The van der Waals surface area contributed by atoms with Gasteiger partial charge in [-0.1, -0.05) is 31.5 Å². The molecule has 0 saturated carbocycles. The molecule has 2 amide bonds. The van der Waals surface area contributed by atoms with Gasteiger partial charge in [0, 0.05) is 24.3 Å². The summed E-state index contributed by atoms with van der Waals surface area (Å²) in [5.74, 6) is -1.16. The summed E-state index contributed by atoms with van der Waals surface area (Å²) in [5.41, 5.74) is 1.48. The van der Waals surface area contributed by atoms with Gasteiger partial charge in [0.15, 0.2) is 6.61 Å². The van der Waals surface area contributed by atoms with Crippen molar-refractivity contribution in [3.8, 4) is 11.5 Å². The Morgan fingerprint density at radius 1 is 0.897 bits per heavy atom. The van der Waals surface area contributed by atoms with Crippen molar-refractivity contribution in [2.45, 2.75) is 26.2 Å². The highest BCUT2D eigenvalue weighted by Crippen LogP contribution is 2.27. The molecule has 39 heavy (non-hydrogen) atoms. The number of ether oxygens (including phenoxy) is 3. The fourth-order valence-electron chi connectivity index (χ4n) is 3.97. The van der Waals surface area contributed by atoms with Crippen LogP contribution in [0.25, 0.3) is 0 Å². The van der Waals surface area contributed by atoms with Crippen LogP contribution in [-0.4, -0.2) is 43.5 Å². The maximum Gasteiger partial charge on any atom is 0.338 e. The van der Waals surface area contributed by atoms with Gasteiger partial charge < -0.3 is 24.4 Å². The van der Waals surface area contributed by atoms with Gasteiger partial charge in [0.05, 0.1) is 18.1 Å². The molecule has 1 saturated heterocycles. The van der Waals surface area contributed by atoms with Crippen molar-refractivity contribution < 1.29 is 33.4 Å². The van der Waals surface area contributed by atoms with Gasteiger partial charge in [-0.15, -0.1) is 0 Å². The van der Waals surface area contributed by atoms with Crippen LogP contribution < -0.4 is 15.0 Å².